The molecular formula is C16H27N3O4. The van der Waals surface area contributed by atoms with Gasteiger partial charge in [-0.05, 0) is 26.8 Å². The topological polar surface area (TPSA) is 95.8 Å². The van der Waals surface area contributed by atoms with E-state index in [9.17, 15) is 9.90 Å². The quantitative estimate of drug-likeness (QED) is 0.829. The Labute approximate surface area is 137 Å². The highest BCUT2D eigenvalue weighted by atomic mass is 16.6. The number of amides is 1. The third-order valence-electron chi connectivity index (χ3n) is 2.97. The monoisotopic (exact) mass is 325 g/mol. The summed E-state index contributed by atoms with van der Waals surface area (Å²) in [4.78, 5) is 21.9. The van der Waals surface area contributed by atoms with Gasteiger partial charge in [-0.3, -0.25) is 0 Å². The van der Waals surface area contributed by atoms with Crippen LogP contribution in [0.25, 0.3) is 0 Å². The van der Waals surface area contributed by atoms with Crippen LogP contribution in [0.5, 0.6) is 0 Å². The molecule has 23 heavy (non-hydrogen) atoms. The molecule has 0 spiro atoms. The van der Waals surface area contributed by atoms with Crippen molar-refractivity contribution in [2.75, 3.05) is 19.7 Å². The maximum atomic E-state index is 12.1. The number of carbonyl (C=O) groups excluding carboxylic acids is 1. The van der Waals surface area contributed by atoms with E-state index < -0.39 is 17.8 Å². The van der Waals surface area contributed by atoms with Crippen molar-refractivity contribution in [1.29, 1.82) is 0 Å². The predicted octanol–water partition coefficient (Wildman–Crippen LogP) is 1.86. The Kier molecular flexibility index (Phi) is 6.90. The standard InChI is InChI=1S/C16H27N3O4/c1-11(2)14-17-7-6-12(18-14)13(21)10-19(8-9-20)15(22)23-16(3,4)5/h6-7,11,13,20-21H,8-10H2,1-5H3. The van der Waals surface area contributed by atoms with Crippen LogP contribution >= 0.6 is 0 Å². The minimum atomic E-state index is -0.977. The van der Waals surface area contributed by atoms with Gasteiger partial charge in [-0.15, -0.1) is 0 Å². The Hall–Kier alpha value is -1.73. The normalized spacial score (nSPS) is 13.0. The van der Waals surface area contributed by atoms with Crippen LogP contribution in [0.1, 0.15) is 58.2 Å². The molecule has 0 bridgehead atoms. The largest absolute Gasteiger partial charge is 0.444 e. The fourth-order valence-corrected chi connectivity index (χ4v) is 1.86. The summed E-state index contributed by atoms with van der Waals surface area (Å²) >= 11 is 0. The number of aliphatic hydroxyl groups is 2. The Bertz CT molecular complexity index is 514. The van der Waals surface area contributed by atoms with E-state index >= 15 is 0 Å². The van der Waals surface area contributed by atoms with Gasteiger partial charge in [0.1, 0.15) is 17.5 Å². The van der Waals surface area contributed by atoms with E-state index in [-0.39, 0.29) is 25.6 Å². The average Bonchev–Trinajstić information content (AvgIpc) is 2.45. The highest BCUT2D eigenvalue weighted by molar-refractivity contribution is 5.68. The number of hydrogen-bond donors (Lipinski definition) is 2. The zero-order valence-electron chi connectivity index (χ0n) is 14.5. The first kappa shape index (κ1) is 19.3. The molecule has 1 rings (SSSR count). The highest BCUT2D eigenvalue weighted by Crippen LogP contribution is 2.17. The third-order valence-corrected chi connectivity index (χ3v) is 2.97. The maximum Gasteiger partial charge on any atom is 0.410 e. The zero-order chi connectivity index (χ0) is 17.6. The van der Waals surface area contributed by atoms with Crippen LogP contribution in [0.3, 0.4) is 0 Å². The fourth-order valence-electron chi connectivity index (χ4n) is 1.86. The molecule has 1 aromatic heterocycles. The molecule has 0 saturated heterocycles. The van der Waals surface area contributed by atoms with Crippen molar-refractivity contribution < 1.29 is 19.7 Å². The van der Waals surface area contributed by atoms with E-state index in [2.05, 4.69) is 9.97 Å². The Morgan fingerprint density at radius 1 is 1.39 bits per heavy atom. The second-order valence-corrected chi connectivity index (χ2v) is 6.66. The summed E-state index contributed by atoms with van der Waals surface area (Å²) in [7, 11) is 0. The first-order valence-corrected chi connectivity index (χ1v) is 7.73. The zero-order valence-corrected chi connectivity index (χ0v) is 14.5. The lowest BCUT2D eigenvalue weighted by molar-refractivity contribution is 0.0105. The van der Waals surface area contributed by atoms with Crippen LogP contribution in [0.15, 0.2) is 12.3 Å². The number of aliphatic hydroxyl groups excluding tert-OH is 2. The third kappa shape index (κ3) is 6.50. The van der Waals surface area contributed by atoms with Crippen LogP contribution in [-0.4, -0.2) is 56.5 Å². The van der Waals surface area contributed by atoms with E-state index in [0.29, 0.717) is 11.5 Å². The van der Waals surface area contributed by atoms with Gasteiger partial charge in [0.2, 0.25) is 0 Å². The van der Waals surface area contributed by atoms with Crippen molar-refractivity contribution in [2.45, 2.75) is 52.2 Å². The lowest BCUT2D eigenvalue weighted by Gasteiger charge is -2.28. The molecule has 0 fully saturated rings. The van der Waals surface area contributed by atoms with Crippen molar-refractivity contribution in [2.24, 2.45) is 0 Å². The van der Waals surface area contributed by atoms with Crippen LogP contribution in [-0.2, 0) is 4.74 Å². The Balaban J connectivity index is 2.83. The van der Waals surface area contributed by atoms with E-state index in [4.69, 9.17) is 9.84 Å². The smallest absolute Gasteiger partial charge is 0.410 e. The van der Waals surface area contributed by atoms with Gasteiger partial charge in [0.25, 0.3) is 0 Å². The number of nitrogens with zero attached hydrogens (tertiary/aromatic N) is 3. The average molecular weight is 325 g/mol. The van der Waals surface area contributed by atoms with Crippen molar-refractivity contribution in [3.05, 3.63) is 23.8 Å². The second-order valence-electron chi connectivity index (χ2n) is 6.66. The van der Waals surface area contributed by atoms with Crippen molar-refractivity contribution >= 4 is 6.09 Å². The first-order valence-electron chi connectivity index (χ1n) is 7.73. The second kappa shape index (κ2) is 8.21. The summed E-state index contributed by atoms with van der Waals surface area (Å²) in [5.41, 5.74) is -0.203. The van der Waals surface area contributed by atoms with Gasteiger partial charge in [-0.2, -0.15) is 0 Å². The predicted molar refractivity (Wildman–Crippen MR) is 86.0 cm³/mol. The summed E-state index contributed by atoms with van der Waals surface area (Å²) in [5, 5.41) is 19.5. The molecule has 130 valence electrons. The molecular weight excluding hydrogens is 298 g/mol. The van der Waals surface area contributed by atoms with Crippen LogP contribution in [0, 0.1) is 0 Å². The van der Waals surface area contributed by atoms with Gasteiger partial charge in [0.15, 0.2) is 0 Å². The van der Waals surface area contributed by atoms with Crippen LogP contribution in [0.4, 0.5) is 4.79 Å². The summed E-state index contributed by atoms with van der Waals surface area (Å²) in [6.45, 7) is 9.06. The van der Waals surface area contributed by atoms with Crippen molar-refractivity contribution in [3.8, 4) is 0 Å². The van der Waals surface area contributed by atoms with Gasteiger partial charge in [-0.1, -0.05) is 13.8 Å². The molecule has 7 heteroatoms. The molecule has 0 radical (unpaired) electrons. The lowest BCUT2D eigenvalue weighted by atomic mass is 10.2. The summed E-state index contributed by atoms with van der Waals surface area (Å²) in [6, 6.07) is 1.61. The maximum absolute atomic E-state index is 12.1. The number of aromatic nitrogens is 2. The van der Waals surface area contributed by atoms with Crippen molar-refractivity contribution in [1.82, 2.24) is 14.9 Å². The Morgan fingerprint density at radius 3 is 2.57 bits per heavy atom. The van der Waals surface area contributed by atoms with E-state index in [1.165, 1.54) is 4.90 Å². The summed E-state index contributed by atoms with van der Waals surface area (Å²) < 4.78 is 5.28. The molecule has 1 atom stereocenters. The fraction of sp³-hybridized carbons (Fsp3) is 0.688. The number of carbonyl (C=O) groups is 1. The highest BCUT2D eigenvalue weighted by Gasteiger charge is 2.25. The van der Waals surface area contributed by atoms with E-state index in [1.807, 2.05) is 13.8 Å². The molecule has 0 aliphatic rings. The van der Waals surface area contributed by atoms with Crippen LogP contribution < -0.4 is 0 Å². The molecule has 2 N–H and O–H groups in total. The van der Waals surface area contributed by atoms with Gasteiger partial charge >= 0.3 is 6.09 Å². The minimum absolute atomic E-state index is 0.00990. The lowest BCUT2D eigenvalue weighted by Crippen LogP contribution is -2.40. The van der Waals surface area contributed by atoms with E-state index in [0.717, 1.165) is 0 Å². The molecule has 0 aromatic carbocycles. The van der Waals surface area contributed by atoms with Crippen molar-refractivity contribution in [3.63, 3.8) is 0 Å². The van der Waals surface area contributed by atoms with Gasteiger partial charge in [0, 0.05) is 18.7 Å². The minimum Gasteiger partial charge on any atom is -0.444 e. The van der Waals surface area contributed by atoms with Crippen LogP contribution in [0.2, 0.25) is 0 Å². The Morgan fingerprint density at radius 2 is 2.04 bits per heavy atom. The van der Waals surface area contributed by atoms with Gasteiger partial charge < -0.3 is 19.8 Å². The summed E-state index contributed by atoms with van der Waals surface area (Å²) in [5.74, 6) is 0.772. The molecule has 1 heterocycles. The molecule has 1 amide bonds. The number of ether oxygens (including phenoxy) is 1. The van der Waals surface area contributed by atoms with Gasteiger partial charge in [0.05, 0.1) is 18.8 Å². The summed E-state index contributed by atoms with van der Waals surface area (Å²) in [6.07, 6.45) is 0.0309. The molecule has 1 unspecified atom stereocenters. The molecule has 7 nitrogen and oxygen atoms in total. The first-order chi connectivity index (χ1) is 10.6. The van der Waals surface area contributed by atoms with E-state index in [1.54, 1.807) is 33.0 Å². The molecule has 0 aliphatic carbocycles. The van der Waals surface area contributed by atoms with Gasteiger partial charge in [-0.25, -0.2) is 14.8 Å². The number of hydrogen-bond acceptors (Lipinski definition) is 6. The molecule has 1 aromatic rings. The molecule has 0 aliphatic heterocycles. The SMILES string of the molecule is CC(C)c1nccc(C(O)CN(CCO)C(=O)OC(C)(C)C)n1. The number of rotatable bonds is 6. The molecule has 0 saturated carbocycles.